The predicted molar refractivity (Wildman–Crippen MR) is 52.6 cm³/mol. The summed E-state index contributed by atoms with van der Waals surface area (Å²) in [6.07, 6.45) is 2.73. The molecule has 1 saturated heterocycles. The van der Waals surface area contributed by atoms with Crippen LogP contribution in [0.2, 0.25) is 0 Å². The lowest BCUT2D eigenvalue weighted by Gasteiger charge is -2.24. The minimum Gasteiger partial charge on any atom is -0.505 e. The van der Waals surface area contributed by atoms with Gasteiger partial charge in [0.1, 0.15) is 5.82 Å². The Morgan fingerprint density at radius 3 is 2.60 bits per heavy atom. The van der Waals surface area contributed by atoms with Crippen molar-refractivity contribution in [2.45, 2.75) is 25.3 Å². The zero-order valence-electron chi connectivity index (χ0n) is 8.26. The Morgan fingerprint density at radius 1 is 1.20 bits per heavy atom. The molecule has 82 valence electrons. The van der Waals surface area contributed by atoms with E-state index in [1.54, 1.807) is 0 Å². The van der Waals surface area contributed by atoms with Crippen molar-refractivity contribution in [1.82, 2.24) is 5.32 Å². The first kappa shape index (κ1) is 10.4. The number of nitrogens with one attached hydrogen (secondary N) is 1. The molecule has 2 nitrogen and oxygen atoms in total. The molecule has 0 aliphatic carbocycles. The highest BCUT2D eigenvalue weighted by Gasteiger charge is 2.23. The van der Waals surface area contributed by atoms with Crippen molar-refractivity contribution in [2.75, 3.05) is 6.54 Å². The van der Waals surface area contributed by atoms with E-state index in [0.717, 1.165) is 37.9 Å². The van der Waals surface area contributed by atoms with Crippen LogP contribution >= 0.6 is 0 Å². The molecule has 1 aliphatic rings. The van der Waals surface area contributed by atoms with Crippen LogP contribution in [0.15, 0.2) is 12.1 Å². The Morgan fingerprint density at radius 2 is 1.93 bits per heavy atom. The topological polar surface area (TPSA) is 32.3 Å². The summed E-state index contributed by atoms with van der Waals surface area (Å²) in [5.74, 6) is -1.87. The van der Waals surface area contributed by atoms with E-state index in [1.807, 2.05) is 0 Å². The largest absolute Gasteiger partial charge is 0.505 e. The molecule has 2 N–H and O–H groups in total. The summed E-state index contributed by atoms with van der Waals surface area (Å²) in [6.45, 7) is 0.778. The Kier molecular flexibility index (Phi) is 2.86. The van der Waals surface area contributed by atoms with Crippen molar-refractivity contribution in [3.63, 3.8) is 0 Å². The molecule has 1 unspecified atom stereocenters. The Bertz CT molecular complexity index is 362. The van der Waals surface area contributed by atoms with Gasteiger partial charge in [0.2, 0.25) is 0 Å². The fourth-order valence-electron chi connectivity index (χ4n) is 1.99. The maximum atomic E-state index is 13.4. The first-order valence-electron chi connectivity index (χ1n) is 5.10. The molecule has 0 amide bonds. The third-order valence-corrected chi connectivity index (χ3v) is 2.77. The van der Waals surface area contributed by atoms with Gasteiger partial charge in [0.05, 0.1) is 0 Å². The van der Waals surface area contributed by atoms with Crippen LogP contribution < -0.4 is 5.32 Å². The van der Waals surface area contributed by atoms with E-state index in [9.17, 15) is 13.9 Å². The van der Waals surface area contributed by atoms with Crippen LogP contribution in [0.4, 0.5) is 8.78 Å². The molecule has 1 aromatic rings. The van der Waals surface area contributed by atoms with Crippen LogP contribution in [0, 0.1) is 11.6 Å². The van der Waals surface area contributed by atoms with Crippen LogP contribution in [-0.4, -0.2) is 11.7 Å². The maximum absolute atomic E-state index is 13.4. The number of halogens is 2. The van der Waals surface area contributed by atoms with E-state index in [1.165, 1.54) is 0 Å². The normalized spacial score (nSPS) is 21.6. The molecule has 0 radical (unpaired) electrons. The van der Waals surface area contributed by atoms with Crippen LogP contribution in [0.25, 0.3) is 0 Å². The van der Waals surface area contributed by atoms with Gasteiger partial charge in [-0.2, -0.15) is 0 Å². The number of phenolic OH excluding ortho intramolecular Hbond substituents is 1. The van der Waals surface area contributed by atoms with Gasteiger partial charge < -0.3 is 10.4 Å². The highest BCUT2D eigenvalue weighted by atomic mass is 19.1. The lowest BCUT2D eigenvalue weighted by atomic mass is 9.96. The summed E-state index contributed by atoms with van der Waals surface area (Å²) >= 11 is 0. The zero-order chi connectivity index (χ0) is 10.8. The first-order chi connectivity index (χ1) is 7.20. The van der Waals surface area contributed by atoms with Crippen molar-refractivity contribution >= 4 is 0 Å². The van der Waals surface area contributed by atoms with Gasteiger partial charge in [0.25, 0.3) is 0 Å². The summed E-state index contributed by atoms with van der Waals surface area (Å²) in [5.41, 5.74) is 0.0645. The van der Waals surface area contributed by atoms with Crippen LogP contribution in [0.5, 0.6) is 5.75 Å². The SMILES string of the molecule is Oc1c(F)ccc(F)c1C1CCCCN1. The van der Waals surface area contributed by atoms with Gasteiger partial charge in [-0.05, 0) is 31.5 Å². The molecular formula is C11H13F2NO. The standard InChI is InChI=1S/C11H13F2NO/c12-7-4-5-8(13)11(15)10(7)9-3-1-2-6-14-9/h4-5,9,14-15H,1-3,6H2. The molecule has 0 bridgehead atoms. The van der Waals surface area contributed by atoms with E-state index >= 15 is 0 Å². The number of piperidine rings is 1. The summed E-state index contributed by atoms with van der Waals surface area (Å²) in [7, 11) is 0. The minimum absolute atomic E-state index is 0.0645. The molecule has 4 heteroatoms. The Hall–Kier alpha value is -1.16. The summed E-state index contributed by atoms with van der Waals surface area (Å²) < 4.78 is 26.5. The fourth-order valence-corrected chi connectivity index (χ4v) is 1.99. The van der Waals surface area contributed by atoms with Gasteiger partial charge in [-0.3, -0.25) is 0 Å². The van der Waals surface area contributed by atoms with Crippen LogP contribution in [0.1, 0.15) is 30.9 Å². The molecule has 1 aliphatic heterocycles. The second-order valence-corrected chi connectivity index (χ2v) is 3.79. The molecule has 2 rings (SSSR count). The predicted octanol–water partition coefficient (Wildman–Crippen LogP) is 2.49. The smallest absolute Gasteiger partial charge is 0.165 e. The van der Waals surface area contributed by atoms with Gasteiger partial charge in [0, 0.05) is 11.6 Å². The lowest BCUT2D eigenvalue weighted by Crippen LogP contribution is -2.27. The Labute approximate surface area is 86.9 Å². The molecule has 1 fully saturated rings. The average molecular weight is 213 g/mol. The Balaban J connectivity index is 2.36. The highest BCUT2D eigenvalue weighted by Crippen LogP contribution is 2.33. The van der Waals surface area contributed by atoms with E-state index < -0.39 is 17.4 Å². The molecule has 1 atom stereocenters. The van der Waals surface area contributed by atoms with Gasteiger partial charge in [-0.1, -0.05) is 6.42 Å². The number of hydrogen-bond donors (Lipinski definition) is 2. The summed E-state index contributed by atoms with van der Waals surface area (Å²) in [6, 6.07) is 1.73. The fraction of sp³-hybridized carbons (Fsp3) is 0.455. The average Bonchev–Trinajstić information content (AvgIpc) is 2.26. The van der Waals surface area contributed by atoms with Crippen molar-refractivity contribution < 1.29 is 13.9 Å². The quantitative estimate of drug-likeness (QED) is 0.751. The third-order valence-electron chi connectivity index (χ3n) is 2.77. The molecule has 0 saturated carbocycles. The van der Waals surface area contributed by atoms with Crippen LogP contribution in [-0.2, 0) is 0 Å². The monoisotopic (exact) mass is 213 g/mol. The van der Waals surface area contributed by atoms with E-state index in [4.69, 9.17) is 0 Å². The molecule has 0 aromatic heterocycles. The van der Waals surface area contributed by atoms with Gasteiger partial charge in [0.15, 0.2) is 11.6 Å². The van der Waals surface area contributed by atoms with E-state index in [2.05, 4.69) is 5.32 Å². The molecule has 15 heavy (non-hydrogen) atoms. The second-order valence-electron chi connectivity index (χ2n) is 3.79. The lowest BCUT2D eigenvalue weighted by molar-refractivity contribution is 0.364. The van der Waals surface area contributed by atoms with Gasteiger partial charge >= 0.3 is 0 Å². The third kappa shape index (κ3) is 1.95. The van der Waals surface area contributed by atoms with E-state index in [0.29, 0.717) is 0 Å². The number of rotatable bonds is 1. The zero-order valence-corrected chi connectivity index (χ0v) is 8.26. The number of phenols is 1. The molecule has 1 heterocycles. The molecule has 1 aromatic carbocycles. The van der Waals surface area contributed by atoms with Gasteiger partial charge in [-0.25, -0.2) is 8.78 Å². The second kappa shape index (κ2) is 4.14. The van der Waals surface area contributed by atoms with Crippen molar-refractivity contribution in [2.24, 2.45) is 0 Å². The highest BCUT2D eigenvalue weighted by molar-refractivity contribution is 5.37. The van der Waals surface area contributed by atoms with Gasteiger partial charge in [-0.15, -0.1) is 0 Å². The number of hydrogen-bond acceptors (Lipinski definition) is 2. The summed E-state index contributed by atoms with van der Waals surface area (Å²) in [5, 5.41) is 12.6. The first-order valence-corrected chi connectivity index (χ1v) is 5.10. The minimum atomic E-state index is -0.765. The van der Waals surface area contributed by atoms with Crippen molar-refractivity contribution in [1.29, 1.82) is 0 Å². The molecule has 0 spiro atoms. The number of benzene rings is 1. The number of aromatic hydroxyl groups is 1. The maximum Gasteiger partial charge on any atom is 0.165 e. The van der Waals surface area contributed by atoms with Crippen molar-refractivity contribution in [3.8, 4) is 5.75 Å². The molecular weight excluding hydrogens is 200 g/mol. The summed E-state index contributed by atoms with van der Waals surface area (Å²) in [4.78, 5) is 0. The van der Waals surface area contributed by atoms with Crippen LogP contribution in [0.3, 0.4) is 0 Å². The van der Waals surface area contributed by atoms with E-state index in [-0.39, 0.29) is 11.6 Å². The van der Waals surface area contributed by atoms with Crippen molar-refractivity contribution in [3.05, 3.63) is 29.3 Å².